The number of nitrogens with two attached hydrogens (primary N) is 1. The second kappa shape index (κ2) is 9.65. The van der Waals surface area contributed by atoms with Crippen LogP contribution in [0.2, 0.25) is 0 Å². The SMILES string of the molecule is NC(=O)N1CCC[C@H](C(=O)N2CCN(C(c3ccc(F)cc3)c3ccc(F)cc3)CC2)C1. The number of hydrogen-bond donors (Lipinski definition) is 1. The van der Waals surface area contributed by atoms with Gasteiger partial charge in [-0.2, -0.15) is 0 Å². The summed E-state index contributed by atoms with van der Waals surface area (Å²) in [5, 5.41) is 0. The van der Waals surface area contributed by atoms with Gasteiger partial charge in [-0.15, -0.1) is 0 Å². The summed E-state index contributed by atoms with van der Waals surface area (Å²) in [7, 11) is 0. The fourth-order valence-corrected chi connectivity index (χ4v) is 4.74. The lowest BCUT2D eigenvalue weighted by Gasteiger charge is -2.41. The quantitative estimate of drug-likeness (QED) is 0.792. The molecule has 0 aliphatic carbocycles. The van der Waals surface area contributed by atoms with Crippen LogP contribution in [0.1, 0.15) is 30.0 Å². The van der Waals surface area contributed by atoms with E-state index in [0.29, 0.717) is 39.3 Å². The van der Waals surface area contributed by atoms with E-state index >= 15 is 0 Å². The van der Waals surface area contributed by atoms with Crippen LogP contribution in [-0.2, 0) is 4.79 Å². The molecule has 2 aliphatic heterocycles. The Hall–Kier alpha value is -3.00. The van der Waals surface area contributed by atoms with Crippen LogP contribution < -0.4 is 5.73 Å². The van der Waals surface area contributed by atoms with Crippen LogP contribution in [0.3, 0.4) is 0 Å². The van der Waals surface area contributed by atoms with Gasteiger partial charge in [0, 0.05) is 39.3 Å². The molecular weight excluding hydrogens is 414 g/mol. The molecule has 8 heteroatoms. The number of likely N-dealkylation sites (tertiary alicyclic amines) is 1. The molecular formula is C24H28F2N4O2. The standard InChI is InChI=1S/C24H28F2N4O2/c25-20-7-3-17(4-8-20)22(18-5-9-21(26)10-6-18)28-12-14-29(15-13-28)23(31)19-2-1-11-30(16-19)24(27)32/h3-10,19,22H,1-2,11-16H2,(H2,27,32)/t19-/m0/s1. The Morgan fingerprint density at radius 1 is 0.812 bits per heavy atom. The number of primary amides is 1. The van der Waals surface area contributed by atoms with E-state index in [9.17, 15) is 18.4 Å². The number of piperidine rings is 1. The van der Waals surface area contributed by atoms with Crippen molar-refractivity contribution in [1.29, 1.82) is 0 Å². The molecule has 32 heavy (non-hydrogen) atoms. The maximum absolute atomic E-state index is 13.5. The highest BCUT2D eigenvalue weighted by Crippen LogP contribution is 2.30. The molecule has 1 atom stereocenters. The van der Waals surface area contributed by atoms with Crippen molar-refractivity contribution in [1.82, 2.24) is 14.7 Å². The van der Waals surface area contributed by atoms with E-state index < -0.39 is 6.03 Å². The zero-order valence-corrected chi connectivity index (χ0v) is 17.9. The van der Waals surface area contributed by atoms with E-state index in [1.54, 1.807) is 29.2 Å². The summed E-state index contributed by atoms with van der Waals surface area (Å²) in [6.45, 7) is 3.37. The van der Waals surface area contributed by atoms with Gasteiger partial charge in [0.05, 0.1) is 12.0 Å². The highest BCUT2D eigenvalue weighted by Gasteiger charge is 2.33. The molecule has 0 aromatic heterocycles. The fraction of sp³-hybridized carbons (Fsp3) is 0.417. The lowest BCUT2D eigenvalue weighted by Crippen LogP contribution is -2.54. The van der Waals surface area contributed by atoms with Crippen molar-refractivity contribution in [3.63, 3.8) is 0 Å². The summed E-state index contributed by atoms with van der Waals surface area (Å²) in [5.41, 5.74) is 7.23. The Morgan fingerprint density at radius 2 is 1.34 bits per heavy atom. The minimum atomic E-state index is -0.478. The zero-order valence-electron chi connectivity index (χ0n) is 17.9. The molecule has 6 nitrogen and oxygen atoms in total. The number of benzene rings is 2. The number of nitrogens with zero attached hydrogens (tertiary/aromatic N) is 3. The van der Waals surface area contributed by atoms with Crippen LogP contribution >= 0.6 is 0 Å². The van der Waals surface area contributed by atoms with Crippen LogP contribution in [0, 0.1) is 17.6 Å². The molecule has 170 valence electrons. The number of carbonyl (C=O) groups is 2. The molecule has 2 aromatic rings. The number of urea groups is 1. The molecule has 0 spiro atoms. The summed E-state index contributed by atoms with van der Waals surface area (Å²) in [6.07, 6.45) is 1.53. The van der Waals surface area contributed by atoms with Crippen LogP contribution in [0.15, 0.2) is 48.5 Å². The monoisotopic (exact) mass is 442 g/mol. The van der Waals surface area contributed by atoms with Gasteiger partial charge in [-0.25, -0.2) is 13.6 Å². The van der Waals surface area contributed by atoms with Crippen LogP contribution in [0.4, 0.5) is 13.6 Å². The Balaban J connectivity index is 1.46. The van der Waals surface area contributed by atoms with Crippen LogP contribution in [0.5, 0.6) is 0 Å². The van der Waals surface area contributed by atoms with Crippen molar-refractivity contribution in [2.75, 3.05) is 39.3 Å². The molecule has 0 bridgehead atoms. The van der Waals surface area contributed by atoms with Gasteiger partial charge in [0.2, 0.25) is 5.91 Å². The van der Waals surface area contributed by atoms with Gasteiger partial charge in [-0.05, 0) is 48.2 Å². The Morgan fingerprint density at radius 3 is 1.84 bits per heavy atom. The maximum Gasteiger partial charge on any atom is 0.314 e. The highest BCUT2D eigenvalue weighted by molar-refractivity contribution is 5.80. The number of rotatable bonds is 4. The third kappa shape index (κ3) is 4.91. The number of carbonyl (C=O) groups excluding carboxylic acids is 2. The van der Waals surface area contributed by atoms with Gasteiger partial charge in [0.15, 0.2) is 0 Å². The van der Waals surface area contributed by atoms with Crippen molar-refractivity contribution in [2.45, 2.75) is 18.9 Å². The molecule has 2 aromatic carbocycles. The smallest absolute Gasteiger partial charge is 0.314 e. The largest absolute Gasteiger partial charge is 0.351 e. The lowest BCUT2D eigenvalue weighted by atomic mass is 9.95. The normalized spacial score (nSPS) is 19.9. The third-order valence-corrected chi connectivity index (χ3v) is 6.44. The van der Waals surface area contributed by atoms with Gasteiger partial charge in [-0.3, -0.25) is 9.69 Å². The average Bonchev–Trinajstić information content (AvgIpc) is 2.82. The van der Waals surface area contributed by atoms with E-state index in [0.717, 1.165) is 24.0 Å². The molecule has 2 saturated heterocycles. The van der Waals surface area contributed by atoms with Crippen LogP contribution in [-0.4, -0.2) is 65.9 Å². The van der Waals surface area contributed by atoms with E-state index in [2.05, 4.69) is 4.90 Å². The third-order valence-electron chi connectivity index (χ3n) is 6.44. The first-order valence-corrected chi connectivity index (χ1v) is 11.0. The van der Waals surface area contributed by atoms with Crippen molar-refractivity contribution >= 4 is 11.9 Å². The van der Waals surface area contributed by atoms with Gasteiger partial charge < -0.3 is 15.5 Å². The zero-order chi connectivity index (χ0) is 22.7. The summed E-state index contributed by atoms with van der Waals surface area (Å²) < 4.78 is 27.0. The molecule has 2 aliphatic rings. The first-order valence-electron chi connectivity index (χ1n) is 11.0. The maximum atomic E-state index is 13.5. The molecule has 4 rings (SSSR count). The minimum absolute atomic E-state index is 0.0655. The highest BCUT2D eigenvalue weighted by atomic mass is 19.1. The average molecular weight is 443 g/mol. The number of hydrogen-bond acceptors (Lipinski definition) is 3. The predicted octanol–water partition coefficient (Wildman–Crippen LogP) is 2.99. The van der Waals surface area contributed by atoms with Crippen molar-refractivity contribution in [3.8, 4) is 0 Å². The molecule has 0 unspecified atom stereocenters. The molecule has 2 N–H and O–H groups in total. The lowest BCUT2D eigenvalue weighted by molar-refractivity contribution is -0.138. The molecule has 2 fully saturated rings. The summed E-state index contributed by atoms with van der Waals surface area (Å²) in [6, 6.07) is 12.1. The van der Waals surface area contributed by atoms with Crippen LogP contribution in [0.25, 0.3) is 0 Å². The topological polar surface area (TPSA) is 69.9 Å². The van der Waals surface area contributed by atoms with Gasteiger partial charge in [0.25, 0.3) is 0 Å². The summed E-state index contributed by atoms with van der Waals surface area (Å²) >= 11 is 0. The first kappa shape index (κ1) is 22.2. The number of halogens is 2. The summed E-state index contributed by atoms with van der Waals surface area (Å²) in [4.78, 5) is 30.2. The molecule has 3 amide bonds. The van der Waals surface area contributed by atoms with Crippen molar-refractivity contribution in [3.05, 3.63) is 71.3 Å². The van der Waals surface area contributed by atoms with Gasteiger partial charge in [0.1, 0.15) is 11.6 Å². The van der Waals surface area contributed by atoms with E-state index in [-0.39, 0.29) is 29.5 Å². The first-order chi connectivity index (χ1) is 15.4. The minimum Gasteiger partial charge on any atom is -0.351 e. The predicted molar refractivity (Wildman–Crippen MR) is 117 cm³/mol. The summed E-state index contributed by atoms with van der Waals surface area (Å²) in [5.74, 6) is -0.762. The Kier molecular flexibility index (Phi) is 6.69. The van der Waals surface area contributed by atoms with Crippen molar-refractivity contribution in [2.24, 2.45) is 11.7 Å². The van der Waals surface area contributed by atoms with E-state index in [4.69, 9.17) is 5.73 Å². The van der Waals surface area contributed by atoms with Gasteiger partial charge in [-0.1, -0.05) is 24.3 Å². The van der Waals surface area contributed by atoms with Gasteiger partial charge >= 0.3 is 6.03 Å². The fourth-order valence-electron chi connectivity index (χ4n) is 4.74. The molecule has 2 heterocycles. The number of piperazine rings is 1. The molecule has 0 saturated carbocycles. The number of amides is 3. The molecule has 0 radical (unpaired) electrons. The second-order valence-electron chi connectivity index (χ2n) is 8.49. The Labute approximate surface area is 186 Å². The Bertz CT molecular complexity index is 898. The second-order valence-corrected chi connectivity index (χ2v) is 8.49. The van der Waals surface area contributed by atoms with E-state index in [1.807, 2.05) is 4.90 Å². The van der Waals surface area contributed by atoms with E-state index in [1.165, 1.54) is 24.3 Å². The van der Waals surface area contributed by atoms with Crippen molar-refractivity contribution < 1.29 is 18.4 Å².